The first-order chi connectivity index (χ1) is 10.2. The molecular formula is C15H24O6S. The molecule has 3 atom stereocenters. The molecule has 0 aliphatic rings. The van der Waals surface area contributed by atoms with Gasteiger partial charge in [0.25, 0.3) is 0 Å². The lowest BCUT2D eigenvalue weighted by molar-refractivity contribution is -0.144. The summed E-state index contributed by atoms with van der Waals surface area (Å²) in [6.07, 6.45) is 0.972. The molecule has 2 N–H and O–H groups in total. The van der Waals surface area contributed by atoms with Crippen LogP contribution in [-0.4, -0.2) is 46.4 Å². The first-order valence-electron chi connectivity index (χ1n) is 7.07. The minimum absolute atomic E-state index is 0.00205. The number of hydrogen-bond donors (Lipinski definition) is 2. The number of carboxylic acids is 1. The van der Waals surface area contributed by atoms with E-state index in [-0.39, 0.29) is 17.8 Å². The quantitative estimate of drug-likeness (QED) is 0.358. The van der Waals surface area contributed by atoms with Crippen LogP contribution in [0.2, 0.25) is 0 Å². The Morgan fingerprint density at radius 2 is 1.82 bits per heavy atom. The van der Waals surface area contributed by atoms with Crippen molar-refractivity contribution in [1.29, 1.82) is 0 Å². The number of hydrogen-bond acceptors (Lipinski definition) is 6. The van der Waals surface area contributed by atoms with E-state index in [9.17, 15) is 19.5 Å². The number of aliphatic hydroxyl groups is 1. The van der Waals surface area contributed by atoms with Crippen LogP contribution in [0.15, 0.2) is 11.0 Å². The maximum atomic E-state index is 11.5. The summed E-state index contributed by atoms with van der Waals surface area (Å²) < 4.78 is 5.00. The fourth-order valence-electron chi connectivity index (χ4n) is 1.78. The molecule has 0 aromatic carbocycles. The summed E-state index contributed by atoms with van der Waals surface area (Å²) in [6.45, 7) is 6.74. The summed E-state index contributed by atoms with van der Waals surface area (Å²) >= 11 is 1.08. The molecule has 22 heavy (non-hydrogen) atoms. The van der Waals surface area contributed by atoms with E-state index < -0.39 is 24.0 Å². The second-order valence-electron chi connectivity index (χ2n) is 5.39. The summed E-state index contributed by atoms with van der Waals surface area (Å²) in [5, 5.41) is 18.4. The first-order valence-corrected chi connectivity index (χ1v) is 8.06. The molecule has 0 aromatic heterocycles. The predicted octanol–water partition coefficient (Wildman–Crippen LogP) is 1.86. The van der Waals surface area contributed by atoms with E-state index in [2.05, 4.69) is 0 Å². The van der Waals surface area contributed by atoms with Crippen LogP contribution in [0.4, 0.5) is 0 Å². The van der Waals surface area contributed by atoms with Gasteiger partial charge in [-0.15, -0.1) is 11.8 Å². The highest BCUT2D eigenvalue weighted by Crippen LogP contribution is 2.30. The van der Waals surface area contributed by atoms with Crippen LogP contribution in [0, 0.1) is 11.8 Å². The van der Waals surface area contributed by atoms with Crippen molar-refractivity contribution in [2.45, 2.75) is 46.3 Å². The van der Waals surface area contributed by atoms with Crippen molar-refractivity contribution in [2.24, 2.45) is 11.8 Å². The molecule has 0 bridgehead atoms. The van der Waals surface area contributed by atoms with Crippen LogP contribution in [0.25, 0.3) is 0 Å². The molecule has 0 rings (SSSR count). The summed E-state index contributed by atoms with van der Waals surface area (Å²) in [4.78, 5) is 33.9. The average Bonchev–Trinajstić information content (AvgIpc) is 2.38. The molecule has 6 nitrogen and oxygen atoms in total. The number of aliphatic hydroxyl groups excluding tert-OH is 1. The van der Waals surface area contributed by atoms with E-state index in [1.165, 1.54) is 6.92 Å². The third-order valence-electron chi connectivity index (χ3n) is 2.90. The Morgan fingerprint density at radius 1 is 1.23 bits per heavy atom. The van der Waals surface area contributed by atoms with Gasteiger partial charge in [0.1, 0.15) is 6.29 Å². The number of thioether (sulfide) groups is 1. The largest absolute Gasteiger partial charge is 0.478 e. The fraction of sp³-hybridized carbons (Fsp3) is 0.667. The van der Waals surface area contributed by atoms with Gasteiger partial charge < -0.3 is 19.7 Å². The van der Waals surface area contributed by atoms with Crippen LogP contribution >= 0.6 is 11.8 Å². The van der Waals surface area contributed by atoms with Gasteiger partial charge in [-0.1, -0.05) is 6.92 Å². The predicted molar refractivity (Wildman–Crippen MR) is 84.4 cm³/mol. The molecule has 0 saturated heterocycles. The summed E-state index contributed by atoms with van der Waals surface area (Å²) in [5.41, 5.74) is 0. The molecule has 0 aliphatic heterocycles. The number of esters is 1. The lowest BCUT2D eigenvalue weighted by atomic mass is 9.92. The number of carboxylic acid groups (broad SMARTS) is 1. The minimum atomic E-state index is -1.12. The second kappa shape index (κ2) is 10.4. The van der Waals surface area contributed by atoms with E-state index in [4.69, 9.17) is 9.84 Å². The Morgan fingerprint density at radius 3 is 2.23 bits per heavy atom. The van der Waals surface area contributed by atoms with E-state index in [0.29, 0.717) is 17.6 Å². The molecule has 0 aliphatic carbocycles. The molecule has 0 radical (unpaired) electrons. The van der Waals surface area contributed by atoms with Crippen molar-refractivity contribution in [3.05, 3.63) is 11.0 Å². The van der Waals surface area contributed by atoms with Crippen molar-refractivity contribution in [3.63, 3.8) is 0 Å². The highest BCUT2D eigenvalue weighted by Gasteiger charge is 2.21. The van der Waals surface area contributed by atoms with Crippen LogP contribution in [-0.2, 0) is 19.1 Å². The summed E-state index contributed by atoms with van der Waals surface area (Å²) in [5.74, 6) is -2.38. The Kier molecular flexibility index (Phi) is 9.76. The van der Waals surface area contributed by atoms with Gasteiger partial charge in [0, 0.05) is 12.0 Å². The van der Waals surface area contributed by atoms with E-state index in [1.807, 2.05) is 0 Å². The van der Waals surface area contributed by atoms with E-state index >= 15 is 0 Å². The third-order valence-corrected chi connectivity index (χ3v) is 4.13. The molecule has 0 amide bonds. The normalized spacial score (nSPS) is 16.0. The molecule has 0 heterocycles. The van der Waals surface area contributed by atoms with Gasteiger partial charge in [0.2, 0.25) is 0 Å². The van der Waals surface area contributed by atoms with Crippen LogP contribution in [0.3, 0.4) is 0 Å². The maximum absolute atomic E-state index is 11.5. The summed E-state index contributed by atoms with van der Waals surface area (Å²) in [7, 11) is 0. The van der Waals surface area contributed by atoms with Crippen molar-refractivity contribution < 1.29 is 29.3 Å². The zero-order valence-electron chi connectivity index (χ0n) is 13.3. The lowest BCUT2D eigenvalue weighted by Gasteiger charge is -2.20. The number of allylic oxidation sites excluding steroid dienone is 1. The molecule has 126 valence electrons. The molecule has 0 spiro atoms. The Hall–Kier alpha value is -1.34. The molecular weight excluding hydrogens is 308 g/mol. The maximum Gasteiger partial charge on any atom is 0.329 e. The third kappa shape index (κ3) is 8.84. The van der Waals surface area contributed by atoms with Crippen LogP contribution in [0.5, 0.6) is 0 Å². The molecule has 0 unspecified atom stereocenters. The molecule has 0 saturated carbocycles. The smallest absolute Gasteiger partial charge is 0.329 e. The van der Waals surface area contributed by atoms with Gasteiger partial charge in [-0.2, -0.15) is 0 Å². The molecule has 0 aromatic rings. The number of carbonyl (C=O) groups excluding carboxylic acids is 2. The second-order valence-corrected chi connectivity index (χ2v) is 6.44. The van der Waals surface area contributed by atoms with Crippen molar-refractivity contribution in [3.8, 4) is 0 Å². The highest BCUT2D eigenvalue weighted by atomic mass is 32.2. The average molecular weight is 332 g/mol. The monoisotopic (exact) mass is 332 g/mol. The van der Waals surface area contributed by atoms with Crippen molar-refractivity contribution >= 4 is 30.0 Å². The van der Waals surface area contributed by atoms with E-state index in [1.54, 1.807) is 20.8 Å². The lowest BCUT2D eigenvalue weighted by Crippen LogP contribution is -2.21. The van der Waals surface area contributed by atoms with Gasteiger partial charge in [0.05, 0.1) is 18.0 Å². The topological polar surface area (TPSA) is 101 Å². The zero-order valence-corrected chi connectivity index (χ0v) is 14.1. The van der Waals surface area contributed by atoms with Crippen LogP contribution < -0.4 is 0 Å². The minimum Gasteiger partial charge on any atom is -0.478 e. The van der Waals surface area contributed by atoms with Gasteiger partial charge in [-0.3, -0.25) is 4.79 Å². The van der Waals surface area contributed by atoms with Gasteiger partial charge in [-0.25, -0.2) is 4.79 Å². The number of carbonyl (C=O) groups is 3. The zero-order chi connectivity index (χ0) is 17.3. The SMILES string of the molecule is CC(C)OC(=O)CS/C(=C\C(=O)O)[C@H](C)C[C@H](C=O)[C@@H](C)O. The number of ether oxygens (including phenoxy) is 1. The van der Waals surface area contributed by atoms with E-state index in [0.717, 1.165) is 17.8 Å². The number of aldehydes is 1. The Labute approximate surface area is 134 Å². The number of aliphatic carboxylic acids is 1. The van der Waals surface area contributed by atoms with Crippen molar-refractivity contribution in [1.82, 2.24) is 0 Å². The van der Waals surface area contributed by atoms with Gasteiger partial charge >= 0.3 is 11.9 Å². The fourth-order valence-corrected chi connectivity index (χ4v) is 2.70. The first kappa shape index (κ1) is 20.7. The van der Waals surface area contributed by atoms with Gasteiger partial charge in [-0.05, 0) is 38.0 Å². The Bertz CT molecular complexity index is 416. The van der Waals surface area contributed by atoms with Crippen LogP contribution in [0.1, 0.15) is 34.1 Å². The number of rotatable bonds is 10. The highest BCUT2D eigenvalue weighted by molar-refractivity contribution is 8.03. The summed E-state index contributed by atoms with van der Waals surface area (Å²) in [6, 6.07) is 0. The standard InChI is InChI=1S/C15H24O6S/c1-9(2)21-15(20)8-22-13(6-14(18)19)10(3)5-12(7-16)11(4)17/h6-7,9-12,17H,5,8H2,1-4H3,(H,18,19)/b13-6-/t10-,11-,12-/m1/s1. The van der Waals surface area contributed by atoms with Gasteiger partial charge in [0.15, 0.2) is 0 Å². The Balaban J connectivity index is 4.80. The van der Waals surface area contributed by atoms with Crippen molar-refractivity contribution in [2.75, 3.05) is 5.75 Å². The molecule has 7 heteroatoms. The molecule has 0 fully saturated rings.